The summed E-state index contributed by atoms with van der Waals surface area (Å²) in [5.74, 6) is 1.73. The summed E-state index contributed by atoms with van der Waals surface area (Å²) in [4.78, 5) is 10.3. The van der Waals surface area contributed by atoms with E-state index >= 15 is 0 Å². The van der Waals surface area contributed by atoms with Gasteiger partial charge in [0.25, 0.3) is 5.69 Å². The third-order valence-electron chi connectivity index (χ3n) is 2.99. The summed E-state index contributed by atoms with van der Waals surface area (Å²) in [5, 5.41) is 14.0. The van der Waals surface area contributed by atoms with Crippen LogP contribution in [-0.4, -0.2) is 4.92 Å². The third-order valence-corrected chi connectivity index (χ3v) is 2.99. The van der Waals surface area contributed by atoms with Gasteiger partial charge in [-0.2, -0.15) is 0 Å². The van der Waals surface area contributed by atoms with Crippen molar-refractivity contribution in [3.8, 4) is 0 Å². The number of furan rings is 1. The lowest BCUT2D eigenvalue weighted by atomic mass is 10.1. The lowest BCUT2D eigenvalue weighted by Gasteiger charge is -2.14. The molecule has 1 unspecified atom stereocenters. The molecule has 0 saturated carbocycles. The van der Waals surface area contributed by atoms with Crippen molar-refractivity contribution in [3.63, 3.8) is 0 Å². The molecule has 1 aromatic carbocycles. The Balaban J connectivity index is 2.19. The van der Waals surface area contributed by atoms with E-state index in [1.807, 2.05) is 32.9 Å². The highest BCUT2D eigenvalue weighted by atomic mass is 16.6. The molecule has 0 amide bonds. The monoisotopic (exact) mass is 260 g/mol. The maximum Gasteiger partial charge on any atom is 0.271 e. The number of nitro benzene ring substituents is 1. The summed E-state index contributed by atoms with van der Waals surface area (Å²) in [6, 6.07) is 8.48. The van der Waals surface area contributed by atoms with Crippen molar-refractivity contribution in [2.75, 3.05) is 5.32 Å². The summed E-state index contributed by atoms with van der Waals surface area (Å²) >= 11 is 0. The van der Waals surface area contributed by atoms with Gasteiger partial charge >= 0.3 is 0 Å². The number of aryl methyl sites for hydroxylation is 2. The van der Waals surface area contributed by atoms with E-state index in [0.717, 1.165) is 22.8 Å². The van der Waals surface area contributed by atoms with E-state index in [1.54, 1.807) is 6.07 Å². The van der Waals surface area contributed by atoms with Crippen LogP contribution in [0.2, 0.25) is 0 Å². The topological polar surface area (TPSA) is 68.3 Å². The highest BCUT2D eigenvalue weighted by molar-refractivity contribution is 5.52. The average Bonchev–Trinajstić information content (AvgIpc) is 2.69. The molecule has 1 aromatic heterocycles. The summed E-state index contributed by atoms with van der Waals surface area (Å²) in [6.07, 6.45) is 0. The average molecular weight is 260 g/mol. The normalized spacial score (nSPS) is 12.2. The second-order valence-electron chi connectivity index (χ2n) is 4.54. The Kier molecular flexibility index (Phi) is 3.55. The number of nitro groups is 1. The lowest BCUT2D eigenvalue weighted by Crippen LogP contribution is -2.07. The van der Waals surface area contributed by atoms with Crippen LogP contribution in [0.3, 0.4) is 0 Å². The maximum atomic E-state index is 10.7. The van der Waals surface area contributed by atoms with E-state index in [9.17, 15) is 10.1 Å². The van der Waals surface area contributed by atoms with Crippen molar-refractivity contribution in [2.24, 2.45) is 0 Å². The van der Waals surface area contributed by atoms with Crippen LogP contribution in [0.5, 0.6) is 0 Å². The van der Waals surface area contributed by atoms with Crippen molar-refractivity contribution in [2.45, 2.75) is 26.8 Å². The Morgan fingerprint density at radius 2 is 2.05 bits per heavy atom. The first-order chi connectivity index (χ1) is 8.97. The largest absolute Gasteiger partial charge is 0.466 e. The molecule has 100 valence electrons. The van der Waals surface area contributed by atoms with Gasteiger partial charge in [0.05, 0.1) is 11.0 Å². The zero-order valence-electron chi connectivity index (χ0n) is 11.1. The van der Waals surface area contributed by atoms with Gasteiger partial charge in [-0.05, 0) is 32.9 Å². The molecule has 0 radical (unpaired) electrons. The number of non-ortho nitro benzene ring substituents is 1. The van der Waals surface area contributed by atoms with E-state index in [4.69, 9.17) is 4.42 Å². The molecule has 0 aliphatic carbocycles. The van der Waals surface area contributed by atoms with Gasteiger partial charge in [0.15, 0.2) is 0 Å². The Labute approximate surface area is 111 Å². The predicted molar refractivity (Wildman–Crippen MR) is 73.3 cm³/mol. The second-order valence-corrected chi connectivity index (χ2v) is 4.54. The molecule has 0 saturated heterocycles. The molecular formula is C14H16N2O3. The quantitative estimate of drug-likeness (QED) is 0.667. The molecule has 1 N–H and O–H groups in total. The molecule has 0 spiro atoms. The maximum absolute atomic E-state index is 10.7. The molecule has 19 heavy (non-hydrogen) atoms. The molecule has 1 atom stereocenters. The van der Waals surface area contributed by atoms with E-state index in [-0.39, 0.29) is 11.7 Å². The van der Waals surface area contributed by atoms with Crippen LogP contribution in [0.1, 0.15) is 30.0 Å². The Bertz CT molecular complexity index is 604. The van der Waals surface area contributed by atoms with Crippen LogP contribution in [0.4, 0.5) is 11.4 Å². The molecule has 2 rings (SSSR count). The van der Waals surface area contributed by atoms with Gasteiger partial charge in [0, 0.05) is 23.4 Å². The Hall–Kier alpha value is -2.30. The first kappa shape index (κ1) is 13.1. The molecule has 0 fully saturated rings. The fraction of sp³-hybridized carbons (Fsp3) is 0.286. The first-order valence-electron chi connectivity index (χ1n) is 6.05. The summed E-state index contributed by atoms with van der Waals surface area (Å²) in [7, 11) is 0. The van der Waals surface area contributed by atoms with Crippen LogP contribution in [-0.2, 0) is 0 Å². The lowest BCUT2D eigenvalue weighted by molar-refractivity contribution is -0.384. The summed E-state index contributed by atoms with van der Waals surface area (Å²) in [6.45, 7) is 5.81. The van der Waals surface area contributed by atoms with E-state index in [2.05, 4.69) is 5.32 Å². The summed E-state index contributed by atoms with van der Waals surface area (Å²) < 4.78 is 5.49. The minimum absolute atomic E-state index is 0.0273. The third kappa shape index (κ3) is 2.93. The molecule has 5 heteroatoms. The van der Waals surface area contributed by atoms with Crippen molar-refractivity contribution in [1.29, 1.82) is 0 Å². The van der Waals surface area contributed by atoms with Crippen molar-refractivity contribution >= 4 is 11.4 Å². The second kappa shape index (κ2) is 5.14. The van der Waals surface area contributed by atoms with Crippen LogP contribution >= 0.6 is 0 Å². The van der Waals surface area contributed by atoms with Gasteiger partial charge in [0.1, 0.15) is 11.5 Å². The first-order valence-corrected chi connectivity index (χ1v) is 6.05. The van der Waals surface area contributed by atoms with E-state index < -0.39 is 4.92 Å². The predicted octanol–water partition coefficient (Wildman–Crippen LogP) is 3.98. The number of hydrogen-bond acceptors (Lipinski definition) is 4. The SMILES string of the molecule is Cc1cc(C(C)Nc2cccc([N+](=O)[O-])c2)c(C)o1. The minimum atomic E-state index is -0.400. The van der Waals surface area contributed by atoms with Crippen molar-refractivity contribution in [1.82, 2.24) is 0 Å². The molecule has 5 nitrogen and oxygen atoms in total. The number of nitrogens with zero attached hydrogens (tertiary/aromatic N) is 1. The van der Waals surface area contributed by atoms with Crippen LogP contribution < -0.4 is 5.32 Å². The fourth-order valence-electron chi connectivity index (χ4n) is 2.12. The molecule has 2 aromatic rings. The van der Waals surface area contributed by atoms with Crippen molar-refractivity contribution < 1.29 is 9.34 Å². The van der Waals surface area contributed by atoms with Gasteiger partial charge < -0.3 is 9.73 Å². The minimum Gasteiger partial charge on any atom is -0.466 e. The van der Waals surface area contributed by atoms with Crippen molar-refractivity contribution in [3.05, 3.63) is 57.5 Å². The van der Waals surface area contributed by atoms with Crippen LogP contribution in [0, 0.1) is 24.0 Å². The van der Waals surface area contributed by atoms with Crippen LogP contribution in [0.15, 0.2) is 34.7 Å². The number of nitrogens with one attached hydrogen (secondary N) is 1. The highest BCUT2D eigenvalue weighted by Gasteiger charge is 2.13. The molecule has 0 aliphatic heterocycles. The van der Waals surface area contributed by atoms with Gasteiger partial charge in [-0.25, -0.2) is 0 Å². The number of benzene rings is 1. The molecule has 1 heterocycles. The van der Waals surface area contributed by atoms with Gasteiger partial charge in [-0.3, -0.25) is 10.1 Å². The number of rotatable bonds is 4. The number of anilines is 1. The molecular weight excluding hydrogens is 244 g/mol. The van der Waals surface area contributed by atoms with Gasteiger partial charge in [-0.1, -0.05) is 6.07 Å². The smallest absolute Gasteiger partial charge is 0.271 e. The molecule has 0 bridgehead atoms. The highest BCUT2D eigenvalue weighted by Crippen LogP contribution is 2.26. The van der Waals surface area contributed by atoms with Gasteiger partial charge in [-0.15, -0.1) is 0 Å². The van der Waals surface area contributed by atoms with Crippen LogP contribution in [0.25, 0.3) is 0 Å². The van der Waals surface area contributed by atoms with E-state index in [0.29, 0.717) is 0 Å². The fourth-order valence-corrected chi connectivity index (χ4v) is 2.12. The summed E-state index contributed by atoms with van der Waals surface area (Å²) in [5.41, 5.74) is 1.86. The zero-order valence-corrected chi connectivity index (χ0v) is 11.1. The zero-order chi connectivity index (χ0) is 14.0. The van der Waals surface area contributed by atoms with Gasteiger partial charge in [0.2, 0.25) is 0 Å². The Morgan fingerprint density at radius 1 is 1.32 bits per heavy atom. The van der Waals surface area contributed by atoms with E-state index in [1.165, 1.54) is 12.1 Å². The standard InChI is InChI=1S/C14H16N2O3/c1-9-7-14(11(3)19-9)10(2)15-12-5-4-6-13(8-12)16(17)18/h4-8,10,15H,1-3H3. The molecule has 0 aliphatic rings. The number of hydrogen-bond donors (Lipinski definition) is 1. The Morgan fingerprint density at radius 3 is 2.63 bits per heavy atom.